The second-order valence-electron chi connectivity index (χ2n) is 6.92. The minimum atomic E-state index is 0.0750. The summed E-state index contributed by atoms with van der Waals surface area (Å²) in [5, 5.41) is 17.2. The van der Waals surface area contributed by atoms with Crippen LogP contribution in [-0.4, -0.2) is 38.0 Å². The number of aromatic amines is 1. The van der Waals surface area contributed by atoms with E-state index in [4.69, 9.17) is 14.7 Å². The van der Waals surface area contributed by atoms with Crippen LogP contribution in [-0.2, 0) is 0 Å². The number of ether oxygens (including phenoxy) is 1. The number of nitrogens with zero attached hydrogens (tertiary/aromatic N) is 4. The fraction of sp³-hybridized carbons (Fsp3) is 0.0417. The molecule has 0 saturated carbocycles. The highest BCUT2D eigenvalue weighted by atomic mass is 16.5. The highest BCUT2D eigenvalue weighted by Crippen LogP contribution is 2.36. The molecule has 0 fully saturated rings. The molecule has 0 radical (unpaired) electrons. The fourth-order valence-corrected chi connectivity index (χ4v) is 3.48. The van der Waals surface area contributed by atoms with Crippen LogP contribution in [0.1, 0.15) is 5.56 Å². The first-order valence-corrected chi connectivity index (χ1v) is 9.72. The molecule has 0 amide bonds. The van der Waals surface area contributed by atoms with E-state index in [1.807, 2.05) is 59.1 Å². The van der Waals surface area contributed by atoms with Crippen LogP contribution in [0.15, 0.2) is 84.1 Å². The van der Waals surface area contributed by atoms with Gasteiger partial charge in [-0.05, 0) is 30.3 Å². The highest BCUT2D eigenvalue weighted by Gasteiger charge is 2.15. The molecule has 5 aromatic rings. The van der Waals surface area contributed by atoms with Gasteiger partial charge in [-0.15, -0.1) is 0 Å². The first kappa shape index (κ1) is 18.6. The Labute approximate surface area is 178 Å². The molecular weight excluding hydrogens is 390 g/mol. The molecular formula is C24H19N5O2. The van der Waals surface area contributed by atoms with Gasteiger partial charge >= 0.3 is 0 Å². The molecule has 0 saturated heterocycles. The molecule has 7 heteroatoms. The summed E-state index contributed by atoms with van der Waals surface area (Å²) >= 11 is 0. The molecule has 3 heterocycles. The molecule has 0 aliphatic heterocycles. The summed E-state index contributed by atoms with van der Waals surface area (Å²) in [6.45, 7) is 0. The van der Waals surface area contributed by atoms with E-state index in [1.165, 1.54) is 7.11 Å². The number of H-pyrrole nitrogens is 1. The van der Waals surface area contributed by atoms with Crippen molar-refractivity contribution in [3.8, 4) is 34.0 Å². The number of pyridine rings is 1. The molecule has 0 aliphatic rings. The van der Waals surface area contributed by atoms with E-state index in [9.17, 15) is 5.11 Å². The van der Waals surface area contributed by atoms with Gasteiger partial charge in [-0.3, -0.25) is 9.50 Å². The number of phenolic OH excluding ortho intramolecular Hbond substituents is 1. The number of aliphatic imine (C=N–C) groups is 1. The number of imidazole rings is 1. The largest absolute Gasteiger partial charge is 0.504 e. The Bertz CT molecular complexity index is 1390. The predicted molar refractivity (Wildman–Crippen MR) is 120 cm³/mol. The van der Waals surface area contributed by atoms with Gasteiger partial charge < -0.3 is 9.84 Å². The second-order valence-corrected chi connectivity index (χ2v) is 6.92. The molecule has 5 rings (SSSR count). The Morgan fingerprint density at radius 3 is 2.71 bits per heavy atom. The van der Waals surface area contributed by atoms with Crippen molar-refractivity contribution in [2.75, 3.05) is 7.11 Å². The third-order valence-electron chi connectivity index (χ3n) is 5.01. The maximum absolute atomic E-state index is 9.97. The maximum Gasteiger partial charge on any atom is 0.165 e. The second kappa shape index (κ2) is 7.79. The number of aromatic hydroxyl groups is 1. The van der Waals surface area contributed by atoms with Crippen molar-refractivity contribution >= 4 is 17.7 Å². The van der Waals surface area contributed by atoms with E-state index in [0.29, 0.717) is 17.3 Å². The van der Waals surface area contributed by atoms with Gasteiger partial charge in [0.2, 0.25) is 0 Å². The van der Waals surface area contributed by atoms with Crippen LogP contribution in [0.3, 0.4) is 0 Å². The van der Waals surface area contributed by atoms with E-state index in [1.54, 1.807) is 30.6 Å². The summed E-state index contributed by atoms with van der Waals surface area (Å²) in [5.41, 5.74) is 5.04. The monoisotopic (exact) mass is 409 g/mol. The predicted octanol–water partition coefficient (Wildman–Crippen LogP) is 4.86. The summed E-state index contributed by atoms with van der Waals surface area (Å²) < 4.78 is 7.19. The molecule has 0 unspecified atom stereocenters. The first-order chi connectivity index (χ1) is 15.2. The number of hydrogen-bond donors (Lipinski definition) is 2. The molecule has 31 heavy (non-hydrogen) atoms. The van der Waals surface area contributed by atoms with Crippen LogP contribution < -0.4 is 4.74 Å². The molecule has 0 atom stereocenters. The lowest BCUT2D eigenvalue weighted by Crippen LogP contribution is -1.88. The summed E-state index contributed by atoms with van der Waals surface area (Å²) in [7, 11) is 1.52. The number of phenols is 1. The van der Waals surface area contributed by atoms with Gasteiger partial charge in [0.25, 0.3) is 0 Å². The van der Waals surface area contributed by atoms with Gasteiger partial charge in [0.1, 0.15) is 11.3 Å². The van der Waals surface area contributed by atoms with Crippen molar-refractivity contribution in [3.63, 3.8) is 0 Å². The number of aromatic nitrogens is 4. The van der Waals surface area contributed by atoms with Gasteiger partial charge in [0.05, 0.1) is 19.0 Å². The zero-order valence-corrected chi connectivity index (χ0v) is 16.7. The molecule has 152 valence electrons. The number of rotatable bonds is 5. The summed E-state index contributed by atoms with van der Waals surface area (Å²) in [6, 6.07) is 20.9. The standard InChI is InChI=1S/C24H19N5O2/c1-31-20-13-17(10-11-19(20)30)23-24(29-12-6-5-9-21(29)27-23)25-14-18-15-26-28-22(18)16-7-3-2-4-8-16/h2-15,30H,1H3,(H,26,28)/b25-14+. The lowest BCUT2D eigenvalue weighted by atomic mass is 10.1. The van der Waals surface area contributed by atoms with E-state index in [-0.39, 0.29) is 5.75 Å². The van der Waals surface area contributed by atoms with Crippen LogP contribution in [0.5, 0.6) is 11.5 Å². The van der Waals surface area contributed by atoms with E-state index < -0.39 is 0 Å². The van der Waals surface area contributed by atoms with Crippen molar-refractivity contribution < 1.29 is 9.84 Å². The number of nitrogens with one attached hydrogen (secondary N) is 1. The Morgan fingerprint density at radius 2 is 1.87 bits per heavy atom. The van der Waals surface area contributed by atoms with Gasteiger partial charge in [-0.1, -0.05) is 36.4 Å². The number of fused-ring (bicyclic) bond motifs is 1. The molecule has 3 aromatic heterocycles. The number of hydrogen-bond acceptors (Lipinski definition) is 5. The third kappa shape index (κ3) is 3.42. The first-order valence-electron chi connectivity index (χ1n) is 9.72. The SMILES string of the molecule is COc1cc(-c2nc3ccccn3c2/N=C/c2cn[nH]c2-c2ccccc2)ccc1O. The van der Waals surface area contributed by atoms with Gasteiger partial charge in [0, 0.05) is 29.1 Å². The zero-order chi connectivity index (χ0) is 21.2. The van der Waals surface area contributed by atoms with E-state index >= 15 is 0 Å². The van der Waals surface area contributed by atoms with Gasteiger partial charge in [-0.2, -0.15) is 5.10 Å². The Hall–Kier alpha value is -4.39. The van der Waals surface area contributed by atoms with Crippen molar-refractivity contribution in [2.45, 2.75) is 0 Å². The van der Waals surface area contributed by atoms with Crippen molar-refractivity contribution in [1.29, 1.82) is 0 Å². The summed E-state index contributed by atoms with van der Waals surface area (Å²) in [6.07, 6.45) is 5.45. The minimum Gasteiger partial charge on any atom is -0.504 e. The third-order valence-corrected chi connectivity index (χ3v) is 5.01. The summed E-state index contributed by atoms with van der Waals surface area (Å²) in [4.78, 5) is 9.55. The maximum atomic E-state index is 9.97. The Balaban J connectivity index is 1.63. The van der Waals surface area contributed by atoms with Gasteiger partial charge in [-0.25, -0.2) is 9.98 Å². The quantitative estimate of drug-likeness (QED) is 0.406. The average Bonchev–Trinajstić information content (AvgIpc) is 3.43. The summed E-state index contributed by atoms with van der Waals surface area (Å²) in [5.74, 6) is 1.13. The molecule has 0 aliphatic carbocycles. The van der Waals surface area contributed by atoms with Crippen LogP contribution in [0.4, 0.5) is 5.82 Å². The van der Waals surface area contributed by atoms with Crippen LogP contribution in [0.2, 0.25) is 0 Å². The normalized spacial score (nSPS) is 11.4. The van der Waals surface area contributed by atoms with E-state index in [0.717, 1.165) is 28.0 Å². The van der Waals surface area contributed by atoms with Gasteiger partial charge in [0.15, 0.2) is 17.3 Å². The average molecular weight is 409 g/mol. The molecule has 0 spiro atoms. The number of methoxy groups -OCH3 is 1. The molecule has 0 bridgehead atoms. The molecule has 2 aromatic carbocycles. The lowest BCUT2D eigenvalue weighted by molar-refractivity contribution is 0.373. The number of benzene rings is 2. The van der Waals surface area contributed by atoms with E-state index in [2.05, 4.69) is 10.2 Å². The smallest absolute Gasteiger partial charge is 0.165 e. The Morgan fingerprint density at radius 1 is 1.03 bits per heavy atom. The van der Waals surface area contributed by atoms with Crippen LogP contribution in [0, 0.1) is 0 Å². The molecule has 7 nitrogen and oxygen atoms in total. The lowest BCUT2D eigenvalue weighted by Gasteiger charge is -2.06. The Kier molecular flexibility index (Phi) is 4.68. The molecule has 2 N–H and O–H groups in total. The van der Waals surface area contributed by atoms with Crippen molar-refractivity contribution in [1.82, 2.24) is 19.6 Å². The van der Waals surface area contributed by atoms with Crippen molar-refractivity contribution in [2.24, 2.45) is 4.99 Å². The zero-order valence-electron chi connectivity index (χ0n) is 16.7. The fourth-order valence-electron chi connectivity index (χ4n) is 3.48. The van der Waals surface area contributed by atoms with Crippen molar-refractivity contribution in [3.05, 3.63) is 84.7 Å². The van der Waals surface area contributed by atoms with Crippen LogP contribution >= 0.6 is 0 Å². The van der Waals surface area contributed by atoms with Crippen LogP contribution in [0.25, 0.3) is 28.2 Å². The highest BCUT2D eigenvalue weighted by molar-refractivity contribution is 5.91. The topological polar surface area (TPSA) is 87.8 Å². The minimum absolute atomic E-state index is 0.0750.